The van der Waals surface area contributed by atoms with E-state index in [0.29, 0.717) is 13.1 Å². The van der Waals surface area contributed by atoms with E-state index < -0.39 is 27.2 Å². The van der Waals surface area contributed by atoms with E-state index in [2.05, 4.69) is 4.98 Å². The monoisotopic (exact) mass is 549 g/mol. The number of benzene rings is 1. The van der Waals surface area contributed by atoms with Gasteiger partial charge in [-0.25, -0.2) is 13.2 Å². The zero-order valence-electron chi connectivity index (χ0n) is 22.8. The Balaban J connectivity index is 2.16. The van der Waals surface area contributed by atoms with E-state index in [1.165, 1.54) is 39.1 Å². The summed E-state index contributed by atoms with van der Waals surface area (Å²) in [5.41, 5.74) is 4.68. The summed E-state index contributed by atoms with van der Waals surface area (Å²) in [6.07, 6.45) is 3.49. The van der Waals surface area contributed by atoms with Gasteiger partial charge in [-0.3, -0.25) is 19.1 Å². The van der Waals surface area contributed by atoms with E-state index in [0.717, 1.165) is 25.7 Å². The second kappa shape index (κ2) is 12.2. The molecule has 1 fully saturated rings. The van der Waals surface area contributed by atoms with Crippen molar-refractivity contribution in [3.8, 4) is 5.75 Å². The molecule has 0 radical (unpaired) electrons. The number of nitrogens with one attached hydrogen (secondary N) is 1. The van der Waals surface area contributed by atoms with E-state index >= 15 is 0 Å². The predicted molar refractivity (Wildman–Crippen MR) is 147 cm³/mol. The van der Waals surface area contributed by atoms with Crippen LogP contribution in [0.1, 0.15) is 63.7 Å². The molecule has 2 aromatic rings. The Morgan fingerprint density at radius 2 is 1.71 bits per heavy atom. The molecule has 3 rings (SSSR count). The van der Waals surface area contributed by atoms with Crippen LogP contribution in [0.5, 0.6) is 5.75 Å². The van der Waals surface area contributed by atoms with Crippen molar-refractivity contribution in [3.63, 3.8) is 0 Å². The number of carbonyl (C=O) groups is 1. The maximum absolute atomic E-state index is 14.0. The molecule has 0 aliphatic carbocycles. The van der Waals surface area contributed by atoms with Crippen LogP contribution >= 0.6 is 0 Å². The number of hydrogen-bond acceptors (Lipinski definition) is 7. The largest absolute Gasteiger partial charge is 0.496 e. The quantitative estimate of drug-likeness (QED) is 0.489. The van der Waals surface area contributed by atoms with Gasteiger partial charge in [-0.05, 0) is 42.9 Å². The number of rotatable bonds is 9. The Kier molecular flexibility index (Phi) is 9.42. The Labute approximate surface area is 223 Å². The van der Waals surface area contributed by atoms with Crippen LogP contribution in [0.4, 0.5) is 11.5 Å². The van der Waals surface area contributed by atoms with Gasteiger partial charge in [-0.1, -0.05) is 40.5 Å². The van der Waals surface area contributed by atoms with Crippen LogP contribution < -0.4 is 26.6 Å². The fraction of sp³-hybridized carbons (Fsp3) is 0.577. The van der Waals surface area contributed by atoms with Crippen LogP contribution in [0, 0.1) is 11.8 Å². The van der Waals surface area contributed by atoms with E-state index in [9.17, 15) is 22.8 Å². The normalized spacial score (nSPS) is 15.0. The summed E-state index contributed by atoms with van der Waals surface area (Å²) in [5, 5.41) is 0. The number of anilines is 2. The molecule has 12 heteroatoms. The SMILES string of the molecule is COc1ccc(S(=O)(=O)N2CCCCCC2)cc1C(=O)N(CC(C)C)c1c(N)n(CC(C)C)c(=O)[nH]c1=O. The smallest absolute Gasteiger partial charge is 0.330 e. The summed E-state index contributed by atoms with van der Waals surface area (Å²) in [5.74, 6) is -0.671. The van der Waals surface area contributed by atoms with Gasteiger partial charge in [0.05, 0.1) is 17.6 Å². The molecule has 1 aliphatic rings. The summed E-state index contributed by atoms with van der Waals surface area (Å²) in [6, 6.07) is 4.16. The number of nitrogen functional groups attached to an aromatic ring is 1. The number of aromatic amines is 1. The topological polar surface area (TPSA) is 148 Å². The highest BCUT2D eigenvalue weighted by Gasteiger charge is 2.31. The van der Waals surface area contributed by atoms with E-state index in [-0.39, 0.29) is 52.6 Å². The summed E-state index contributed by atoms with van der Waals surface area (Å²) >= 11 is 0. The molecule has 0 atom stereocenters. The Morgan fingerprint density at radius 1 is 1.08 bits per heavy atom. The van der Waals surface area contributed by atoms with Crippen LogP contribution in [-0.2, 0) is 16.6 Å². The standard InChI is InChI=1S/C26H39N5O6S/c1-17(2)15-30(22-23(27)31(16-18(3)4)26(34)28-24(22)32)25(33)20-14-19(10-11-21(20)37-5)38(35,36)29-12-8-6-7-9-13-29/h10-11,14,17-18H,6-9,12-13,15-16,27H2,1-5H3,(H,28,32,34). The minimum absolute atomic E-state index is 0.0237. The Morgan fingerprint density at radius 3 is 2.26 bits per heavy atom. The zero-order valence-corrected chi connectivity index (χ0v) is 23.6. The minimum atomic E-state index is -3.85. The fourth-order valence-corrected chi connectivity index (χ4v) is 6.16. The van der Waals surface area contributed by atoms with E-state index in [1.807, 2.05) is 27.7 Å². The molecule has 0 bridgehead atoms. The third-order valence-electron chi connectivity index (χ3n) is 6.43. The van der Waals surface area contributed by atoms with Crippen LogP contribution in [0.2, 0.25) is 0 Å². The summed E-state index contributed by atoms with van der Waals surface area (Å²) in [7, 11) is -2.47. The maximum atomic E-state index is 14.0. The van der Waals surface area contributed by atoms with Gasteiger partial charge < -0.3 is 15.4 Å². The summed E-state index contributed by atoms with van der Waals surface area (Å²) in [4.78, 5) is 43.0. The molecule has 38 heavy (non-hydrogen) atoms. The molecule has 0 unspecified atom stereocenters. The Bertz CT molecular complexity index is 1370. The molecule has 1 amide bonds. The fourth-order valence-electron chi connectivity index (χ4n) is 4.62. The lowest BCUT2D eigenvalue weighted by Gasteiger charge is -2.27. The second-order valence-electron chi connectivity index (χ2n) is 10.5. The number of hydrogen-bond donors (Lipinski definition) is 2. The minimum Gasteiger partial charge on any atom is -0.496 e. The average molecular weight is 550 g/mol. The van der Waals surface area contributed by atoms with Crippen LogP contribution in [-0.4, -0.2) is 54.9 Å². The highest BCUT2D eigenvalue weighted by molar-refractivity contribution is 7.89. The molecule has 3 N–H and O–H groups in total. The van der Waals surface area contributed by atoms with Crippen molar-refractivity contribution in [1.82, 2.24) is 13.9 Å². The van der Waals surface area contributed by atoms with E-state index in [4.69, 9.17) is 10.5 Å². The number of carbonyl (C=O) groups excluding carboxylic acids is 1. The van der Waals surface area contributed by atoms with Crippen molar-refractivity contribution < 1.29 is 17.9 Å². The third-order valence-corrected chi connectivity index (χ3v) is 8.32. The van der Waals surface area contributed by atoms with Gasteiger partial charge in [0.15, 0.2) is 5.69 Å². The predicted octanol–water partition coefficient (Wildman–Crippen LogP) is 2.65. The zero-order chi connectivity index (χ0) is 28.2. The van der Waals surface area contributed by atoms with Crippen molar-refractivity contribution in [2.75, 3.05) is 37.4 Å². The first kappa shape index (κ1) is 29.4. The molecule has 1 aromatic heterocycles. The lowest BCUT2D eigenvalue weighted by atomic mass is 10.1. The third kappa shape index (κ3) is 6.29. The molecule has 11 nitrogen and oxygen atoms in total. The molecule has 1 saturated heterocycles. The first-order valence-electron chi connectivity index (χ1n) is 13.0. The molecule has 0 saturated carbocycles. The molecule has 1 aromatic carbocycles. The van der Waals surface area contributed by atoms with Gasteiger partial charge in [0, 0.05) is 26.2 Å². The lowest BCUT2D eigenvalue weighted by Crippen LogP contribution is -2.43. The molecule has 2 heterocycles. The van der Waals surface area contributed by atoms with Crippen LogP contribution in [0.25, 0.3) is 0 Å². The van der Waals surface area contributed by atoms with Gasteiger partial charge in [-0.15, -0.1) is 0 Å². The molecular formula is C26H39N5O6S. The first-order valence-corrected chi connectivity index (χ1v) is 14.4. The Hall–Kier alpha value is -3.12. The summed E-state index contributed by atoms with van der Waals surface area (Å²) < 4.78 is 35.0. The first-order chi connectivity index (χ1) is 17.9. The maximum Gasteiger partial charge on any atom is 0.330 e. The molecule has 210 valence electrons. The van der Waals surface area contributed by atoms with Crippen molar-refractivity contribution in [3.05, 3.63) is 44.6 Å². The number of ether oxygens (including phenoxy) is 1. The highest BCUT2D eigenvalue weighted by Crippen LogP contribution is 2.29. The molecular weight excluding hydrogens is 510 g/mol. The van der Waals surface area contributed by atoms with E-state index in [1.54, 1.807) is 0 Å². The van der Waals surface area contributed by atoms with Crippen molar-refractivity contribution >= 4 is 27.4 Å². The highest BCUT2D eigenvalue weighted by atomic mass is 32.2. The van der Waals surface area contributed by atoms with Crippen LogP contribution in [0.3, 0.4) is 0 Å². The summed E-state index contributed by atoms with van der Waals surface area (Å²) in [6.45, 7) is 8.70. The lowest BCUT2D eigenvalue weighted by molar-refractivity contribution is 0.0980. The number of methoxy groups -OCH3 is 1. The van der Waals surface area contributed by atoms with Gasteiger partial charge in [0.1, 0.15) is 11.6 Å². The van der Waals surface area contributed by atoms with Crippen molar-refractivity contribution in [2.45, 2.75) is 64.8 Å². The van der Waals surface area contributed by atoms with Crippen LogP contribution in [0.15, 0.2) is 32.7 Å². The average Bonchev–Trinajstić information content (AvgIpc) is 3.15. The number of sulfonamides is 1. The molecule has 0 spiro atoms. The van der Waals surface area contributed by atoms with Gasteiger partial charge in [0.25, 0.3) is 11.5 Å². The van der Waals surface area contributed by atoms with Gasteiger partial charge in [-0.2, -0.15) is 4.31 Å². The van der Waals surface area contributed by atoms with Gasteiger partial charge >= 0.3 is 5.69 Å². The number of H-pyrrole nitrogens is 1. The second-order valence-corrected chi connectivity index (χ2v) is 12.4. The number of nitrogens with two attached hydrogens (primary N) is 1. The number of aromatic nitrogens is 2. The number of amides is 1. The van der Waals surface area contributed by atoms with Crippen molar-refractivity contribution in [2.24, 2.45) is 11.8 Å². The molecule has 1 aliphatic heterocycles. The van der Waals surface area contributed by atoms with Crippen molar-refractivity contribution in [1.29, 1.82) is 0 Å². The van der Waals surface area contributed by atoms with Gasteiger partial charge in [0.2, 0.25) is 10.0 Å². The number of nitrogens with zero attached hydrogens (tertiary/aromatic N) is 3.